The fourth-order valence-corrected chi connectivity index (χ4v) is 2.73. The van der Waals surface area contributed by atoms with Crippen molar-refractivity contribution >= 4 is 0 Å². The second-order valence-electron chi connectivity index (χ2n) is 4.86. The molecule has 1 aliphatic rings. The van der Waals surface area contributed by atoms with Crippen LogP contribution in [0.15, 0.2) is 18.2 Å². The highest BCUT2D eigenvalue weighted by molar-refractivity contribution is 5.40. The Morgan fingerprint density at radius 2 is 1.68 bits per heavy atom. The van der Waals surface area contributed by atoms with E-state index in [1.807, 2.05) is 13.1 Å². The summed E-state index contributed by atoms with van der Waals surface area (Å²) in [7, 11) is 5.37. The number of methoxy groups -OCH3 is 2. The molecule has 1 fully saturated rings. The lowest BCUT2D eigenvalue weighted by Crippen LogP contribution is -2.30. The first kappa shape index (κ1) is 14.2. The molecule has 0 aliphatic carbocycles. The predicted molar refractivity (Wildman–Crippen MR) is 74.9 cm³/mol. The van der Waals surface area contributed by atoms with Crippen molar-refractivity contribution in [1.29, 1.82) is 0 Å². The first-order chi connectivity index (χ1) is 9.28. The van der Waals surface area contributed by atoms with Gasteiger partial charge in [-0.1, -0.05) is 0 Å². The van der Waals surface area contributed by atoms with Crippen LogP contribution in [0.2, 0.25) is 0 Å². The van der Waals surface area contributed by atoms with Gasteiger partial charge < -0.3 is 19.5 Å². The molecule has 1 aromatic carbocycles. The van der Waals surface area contributed by atoms with Crippen LogP contribution in [0, 0.1) is 5.92 Å². The molecule has 0 spiro atoms. The largest absolute Gasteiger partial charge is 0.497 e. The van der Waals surface area contributed by atoms with Crippen LogP contribution in [0.25, 0.3) is 0 Å². The fraction of sp³-hybridized carbons (Fsp3) is 0.600. The van der Waals surface area contributed by atoms with Crippen LogP contribution in [-0.2, 0) is 4.74 Å². The fourth-order valence-electron chi connectivity index (χ4n) is 2.73. The Bertz CT molecular complexity index is 380. The number of benzene rings is 1. The van der Waals surface area contributed by atoms with E-state index in [1.165, 1.54) is 5.56 Å². The third-order valence-electron chi connectivity index (χ3n) is 3.78. The van der Waals surface area contributed by atoms with Gasteiger partial charge in [-0.15, -0.1) is 0 Å². The molecule has 0 bridgehead atoms. The normalized spacial score (nSPS) is 18.1. The highest BCUT2D eigenvalue weighted by Gasteiger charge is 2.25. The zero-order chi connectivity index (χ0) is 13.7. The quantitative estimate of drug-likeness (QED) is 0.887. The van der Waals surface area contributed by atoms with Gasteiger partial charge in [0.25, 0.3) is 0 Å². The molecule has 1 unspecified atom stereocenters. The zero-order valence-electron chi connectivity index (χ0n) is 11.9. The summed E-state index contributed by atoms with van der Waals surface area (Å²) in [4.78, 5) is 0. The Labute approximate surface area is 115 Å². The molecule has 106 valence electrons. The van der Waals surface area contributed by atoms with E-state index in [0.717, 1.165) is 37.6 Å². The standard InChI is InChI=1S/C15H23NO3/c1-16-15(11-4-6-19-7-5-11)12-8-13(17-2)10-14(9-12)18-3/h8-11,15-16H,4-7H2,1-3H3. The average Bonchev–Trinajstić information content (AvgIpc) is 2.48. The van der Waals surface area contributed by atoms with E-state index in [9.17, 15) is 0 Å². The maximum atomic E-state index is 5.44. The third kappa shape index (κ3) is 3.39. The van der Waals surface area contributed by atoms with E-state index in [1.54, 1.807) is 14.2 Å². The highest BCUT2D eigenvalue weighted by atomic mass is 16.5. The van der Waals surface area contributed by atoms with Gasteiger partial charge in [0.1, 0.15) is 11.5 Å². The second-order valence-corrected chi connectivity index (χ2v) is 4.86. The SMILES string of the molecule is CNC(c1cc(OC)cc(OC)c1)C1CCOCC1. The van der Waals surface area contributed by atoms with Crippen LogP contribution >= 0.6 is 0 Å². The molecular formula is C15H23NO3. The molecule has 1 aromatic rings. The topological polar surface area (TPSA) is 39.7 Å². The van der Waals surface area contributed by atoms with E-state index in [4.69, 9.17) is 14.2 Å². The van der Waals surface area contributed by atoms with Gasteiger partial charge >= 0.3 is 0 Å². The summed E-state index contributed by atoms with van der Waals surface area (Å²) in [6, 6.07) is 6.38. The summed E-state index contributed by atoms with van der Waals surface area (Å²) in [6.07, 6.45) is 2.18. The van der Waals surface area contributed by atoms with E-state index in [0.29, 0.717) is 12.0 Å². The summed E-state index contributed by atoms with van der Waals surface area (Å²) < 4.78 is 16.1. The lowest BCUT2D eigenvalue weighted by atomic mass is 9.87. The minimum atomic E-state index is 0.313. The Morgan fingerprint density at radius 3 is 2.16 bits per heavy atom. The van der Waals surface area contributed by atoms with Crippen molar-refractivity contribution in [3.05, 3.63) is 23.8 Å². The van der Waals surface area contributed by atoms with E-state index < -0.39 is 0 Å². The molecule has 1 N–H and O–H groups in total. The average molecular weight is 265 g/mol. The smallest absolute Gasteiger partial charge is 0.122 e. The van der Waals surface area contributed by atoms with Crippen LogP contribution in [0.5, 0.6) is 11.5 Å². The van der Waals surface area contributed by atoms with Gasteiger partial charge in [0.05, 0.1) is 14.2 Å². The van der Waals surface area contributed by atoms with Crippen molar-refractivity contribution in [2.75, 3.05) is 34.5 Å². The number of nitrogens with one attached hydrogen (secondary N) is 1. The number of ether oxygens (including phenoxy) is 3. The molecule has 1 heterocycles. The molecule has 1 aliphatic heterocycles. The minimum absolute atomic E-state index is 0.313. The van der Waals surface area contributed by atoms with Crippen LogP contribution in [-0.4, -0.2) is 34.5 Å². The maximum Gasteiger partial charge on any atom is 0.122 e. The monoisotopic (exact) mass is 265 g/mol. The Balaban J connectivity index is 2.25. The van der Waals surface area contributed by atoms with Crippen molar-refractivity contribution in [3.8, 4) is 11.5 Å². The molecule has 2 rings (SSSR count). The van der Waals surface area contributed by atoms with Gasteiger partial charge in [-0.05, 0) is 43.5 Å². The van der Waals surface area contributed by atoms with Crippen LogP contribution < -0.4 is 14.8 Å². The molecule has 0 aromatic heterocycles. The molecule has 4 nitrogen and oxygen atoms in total. The van der Waals surface area contributed by atoms with Crippen molar-refractivity contribution in [3.63, 3.8) is 0 Å². The second kappa shape index (κ2) is 6.78. The van der Waals surface area contributed by atoms with E-state index >= 15 is 0 Å². The molecule has 0 saturated carbocycles. The molecule has 19 heavy (non-hydrogen) atoms. The summed E-state index contributed by atoms with van der Waals surface area (Å²) in [5.74, 6) is 2.26. The number of rotatable bonds is 5. The summed E-state index contributed by atoms with van der Waals surface area (Å²) in [5.41, 5.74) is 1.21. The zero-order valence-corrected chi connectivity index (χ0v) is 11.9. The van der Waals surface area contributed by atoms with Crippen molar-refractivity contribution in [1.82, 2.24) is 5.32 Å². The van der Waals surface area contributed by atoms with Gasteiger partial charge in [-0.2, -0.15) is 0 Å². The van der Waals surface area contributed by atoms with Gasteiger partial charge in [-0.3, -0.25) is 0 Å². The molecular weight excluding hydrogens is 242 g/mol. The van der Waals surface area contributed by atoms with Crippen molar-refractivity contribution in [2.24, 2.45) is 5.92 Å². The minimum Gasteiger partial charge on any atom is -0.497 e. The molecule has 1 saturated heterocycles. The Morgan fingerprint density at radius 1 is 1.11 bits per heavy atom. The molecule has 4 heteroatoms. The molecule has 0 amide bonds. The third-order valence-corrected chi connectivity index (χ3v) is 3.78. The summed E-state index contributed by atoms with van der Waals surface area (Å²) in [5, 5.41) is 3.42. The van der Waals surface area contributed by atoms with E-state index in [2.05, 4.69) is 17.4 Å². The van der Waals surface area contributed by atoms with Crippen molar-refractivity contribution in [2.45, 2.75) is 18.9 Å². The highest BCUT2D eigenvalue weighted by Crippen LogP contribution is 2.33. The Hall–Kier alpha value is -1.26. The van der Waals surface area contributed by atoms with Crippen LogP contribution in [0.4, 0.5) is 0 Å². The van der Waals surface area contributed by atoms with Crippen LogP contribution in [0.3, 0.4) is 0 Å². The van der Waals surface area contributed by atoms with Gasteiger partial charge in [-0.25, -0.2) is 0 Å². The number of hydrogen-bond donors (Lipinski definition) is 1. The molecule has 1 atom stereocenters. The molecule has 0 radical (unpaired) electrons. The van der Waals surface area contributed by atoms with Crippen molar-refractivity contribution < 1.29 is 14.2 Å². The Kier molecular flexibility index (Phi) is 5.05. The van der Waals surface area contributed by atoms with Gasteiger partial charge in [0.2, 0.25) is 0 Å². The maximum absolute atomic E-state index is 5.44. The first-order valence-corrected chi connectivity index (χ1v) is 6.76. The number of hydrogen-bond acceptors (Lipinski definition) is 4. The van der Waals surface area contributed by atoms with Gasteiger partial charge in [0, 0.05) is 25.3 Å². The summed E-state index contributed by atoms with van der Waals surface area (Å²) >= 11 is 0. The summed E-state index contributed by atoms with van der Waals surface area (Å²) in [6.45, 7) is 1.70. The lowest BCUT2D eigenvalue weighted by molar-refractivity contribution is 0.0546. The predicted octanol–water partition coefficient (Wildman–Crippen LogP) is 2.39. The van der Waals surface area contributed by atoms with Gasteiger partial charge in [0.15, 0.2) is 0 Å². The van der Waals surface area contributed by atoms with Crippen LogP contribution in [0.1, 0.15) is 24.4 Å². The lowest BCUT2D eigenvalue weighted by Gasteiger charge is -2.30. The first-order valence-electron chi connectivity index (χ1n) is 6.76. The van der Waals surface area contributed by atoms with E-state index in [-0.39, 0.29) is 0 Å².